The van der Waals surface area contributed by atoms with Crippen LogP contribution in [-0.4, -0.2) is 37.6 Å². The molecule has 5 rings (SSSR count). The first-order valence-corrected chi connectivity index (χ1v) is 9.94. The number of nitrogens with zero attached hydrogens (tertiary/aromatic N) is 5. The lowest BCUT2D eigenvalue weighted by atomic mass is 10.1. The first kappa shape index (κ1) is 18.4. The van der Waals surface area contributed by atoms with Crippen LogP contribution >= 0.6 is 0 Å². The lowest BCUT2D eigenvalue weighted by Gasteiger charge is -2.25. The van der Waals surface area contributed by atoms with E-state index in [0.29, 0.717) is 41.0 Å². The van der Waals surface area contributed by atoms with Crippen LogP contribution in [0.15, 0.2) is 33.5 Å². The van der Waals surface area contributed by atoms with Gasteiger partial charge in [-0.15, -0.1) is 10.2 Å². The Morgan fingerprint density at radius 1 is 1.17 bits per heavy atom. The molecular formula is C20H21F2N5O2. The number of hydrogen-bond acceptors (Lipinski definition) is 6. The summed E-state index contributed by atoms with van der Waals surface area (Å²) in [5, 5.41) is 8.61. The third-order valence-electron chi connectivity index (χ3n) is 5.62. The van der Waals surface area contributed by atoms with E-state index in [-0.39, 0.29) is 6.04 Å². The fourth-order valence-corrected chi connectivity index (χ4v) is 4.06. The minimum absolute atomic E-state index is 0.248. The number of halogens is 2. The van der Waals surface area contributed by atoms with Crippen LogP contribution in [0.3, 0.4) is 0 Å². The van der Waals surface area contributed by atoms with Gasteiger partial charge in [0.25, 0.3) is 12.0 Å². The number of hydrogen-bond donors (Lipinski definition) is 0. The minimum Gasteiger partial charge on any atom is -0.424 e. The maximum absolute atomic E-state index is 13.3. The van der Waals surface area contributed by atoms with Gasteiger partial charge in [0, 0.05) is 5.92 Å². The molecule has 1 unspecified atom stereocenters. The first-order chi connectivity index (χ1) is 14.1. The Kier molecular flexibility index (Phi) is 4.61. The molecular weight excluding hydrogens is 380 g/mol. The summed E-state index contributed by atoms with van der Waals surface area (Å²) in [5.41, 5.74) is 0.102. The van der Waals surface area contributed by atoms with Gasteiger partial charge in [-0.25, -0.2) is 13.8 Å². The molecule has 0 amide bonds. The molecule has 29 heavy (non-hydrogen) atoms. The molecule has 1 saturated carbocycles. The molecule has 1 aliphatic carbocycles. The molecule has 1 saturated heterocycles. The molecule has 9 heteroatoms. The first-order valence-electron chi connectivity index (χ1n) is 9.94. The maximum Gasteiger partial charge on any atom is 0.261 e. The molecule has 1 aliphatic heterocycles. The molecule has 3 heterocycles. The van der Waals surface area contributed by atoms with Crippen molar-refractivity contribution in [1.29, 1.82) is 0 Å². The SMILES string of the molecule is O=c1c2ccccc2nc(C2CCCN2Cc2nnc(C3CC3)o2)n1CC(F)F. The van der Waals surface area contributed by atoms with Crippen LogP contribution in [0.5, 0.6) is 0 Å². The van der Waals surface area contributed by atoms with Crippen molar-refractivity contribution in [3.05, 3.63) is 52.2 Å². The fraction of sp³-hybridized carbons (Fsp3) is 0.500. The molecule has 7 nitrogen and oxygen atoms in total. The molecule has 0 bridgehead atoms. The number of para-hydroxylation sites is 1. The zero-order valence-corrected chi connectivity index (χ0v) is 15.8. The van der Waals surface area contributed by atoms with Gasteiger partial charge >= 0.3 is 0 Å². The number of likely N-dealkylation sites (tertiary alicyclic amines) is 1. The van der Waals surface area contributed by atoms with Crippen molar-refractivity contribution >= 4 is 10.9 Å². The average molecular weight is 401 g/mol. The van der Waals surface area contributed by atoms with Gasteiger partial charge in [-0.05, 0) is 44.4 Å². The zero-order valence-electron chi connectivity index (χ0n) is 15.8. The van der Waals surface area contributed by atoms with E-state index in [4.69, 9.17) is 4.42 Å². The van der Waals surface area contributed by atoms with Crippen LogP contribution in [-0.2, 0) is 13.1 Å². The average Bonchev–Trinajstić information content (AvgIpc) is 3.28. The Labute approximate surface area is 165 Å². The van der Waals surface area contributed by atoms with Gasteiger partial charge in [-0.1, -0.05) is 12.1 Å². The molecule has 1 atom stereocenters. The highest BCUT2D eigenvalue weighted by Gasteiger charge is 2.33. The molecule has 2 aliphatic rings. The van der Waals surface area contributed by atoms with Gasteiger partial charge in [0.15, 0.2) is 0 Å². The summed E-state index contributed by atoms with van der Waals surface area (Å²) in [6.45, 7) is 0.508. The van der Waals surface area contributed by atoms with E-state index in [1.54, 1.807) is 24.3 Å². The molecule has 3 aromatic rings. The summed E-state index contributed by atoms with van der Waals surface area (Å²) in [6.07, 6.45) is 1.13. The third kappa shape index (κ3) is 3.55. The Morgan fingerprint density at radius 3 is 2.79 bits per heavy atom. The van der Waals surface area contributed by atoms with Gasteiger partial charge < -0.3 is 4.42 Å². The second kappa shape index (κ2) is 7.29. The number of rotatable bonds is 6. The predicted octanol–water partition coefficient (Wildman–Crippen LogP) is 3.26. The van der Waals surface area contributed by atoms with Gasteiger partial charge in [0.1, 0.15) is 5.82 Å². The summed E-state index contributed by atoms with van der Waals surface area (Å²) >= 11 is 0. The van der Waals surface area contributed by atoms with Crippen molar-refractivity contribution in [2.45, 2.75) is 57.2 Å². The summed E-state index contributed by atoms with van der Waals surface area (Å²) in [7, 11) is 0. The monoisotopic (exact) mass is 401 g/mol. The van der Waals surface area contributed by atoms with Gasteiger partial charge in [0.05, 0.1) is 30.0 Å². The number of alkyl halides is 2. The molecule has 1 aromatic carbocycles. The zero-order chi connectivity index (χ0) is 20.0. The fourth-order valence-electron chi connectivity index (χ4n) is 4.06. The summed E-state index contributed by atoms with van der Waals surface area (Å²) in [5.74, 6) is 1.95. The molecule has 2 aromatic heterocycles. The summed E-state index contributed by atoms with van der Waals surface area (Å²) in [6, 6.07) is 6.63. The van der Waals surface area contributed by atoms with E-state index in [1.807, 2.05) is 0 Å². The molecule has 152 valence electrons. The Hall–Kier alpha value is -2.68. The van der Waals surface area contributed by atoms with Crippen LogP contribution in [0, 0.1) is 0 Å². The lowest BCUT2D eigenvalue weighted by molar-refractivity contribution is 0.119. The van der Waals surface area contributed by atoms with E-state index < -0.39 is 18.5 Å². The second-order valence-electron chi connectivity index (χ2n) is 7.73. The molecule has 2 fully saturated rings. The van der Waals surface area contributed by atoms with Gasteiger partial charge in [0.2, 0.25) is 11.8 Å². The highest BCUT2D eigenvalue weighted by atomic mass is 19.3. The number of fused-ring (bicyclic) bond motifs is 1. The van der Waals surface area contributed by atoms with E-state index in [0.717, 1.165) is 36.8 Å². The van der Waals surface area contributed by atoms with Crippen molar-refractivity contribution in [3.8, 4) is 0 Å². The Morgan fingerprint density at radius 2 is 2.00 bits per heavy atom. The lowest BCUT2D eigenvalue weighted by Crippen LogP contribution is -2.33. The van der Waals surface area contributed by atoms with Crippen LogP contribution in [0.2, 0.25) is 0 Å². The molecule has 0 N–H and O–H groups in total. The summed E-state index contributed by atoms with van der Waals surface area (Å²) < 4.78 is 33.4. The Bertz CT molecular complexity index is 1090. The predicted molar refractivity (Wildman–Crippen MR) is 101 cm³/mol. The van der Waals surface area contributed by atoms with E-state index >= 15 is 0 Å². The van der Waals surface area contributed by atoms with Crippen molar-refractivity contribution in [3.63, 3.8) is 0 Å². The van der Waals surface area contributed by atoms with Crippen LogP contribution < -0.4 is 5.56 Å². The van der Waals surface area contributed by atoms with E-state index in [2.05, 4.69) is 20.1 Å². The van der Waals surface area contributed by atoms with Gasteiger partial charge in [-0.2, -0.15) is 0 Å². The normalized spacial score (nSPS) is 20.2. The molecule has 0 spiro atoms. The number of benzene rings is 1. The highest BCUT2D eigenvalue weighted by molar-refractivity contribution is 5.77. The topological polar surface area (TPSA) is 77.1 Å². The van der Waals surface area contributed by atoms with Crippen molar-refractivity contribution < 1.29 is 13.2 Å². The minimum atomic E-state index is -2.64. The van der Waals surface area contributed by atoms with E-state index in [9.17, 15) is 13.6 Å². The quantitative estimate of drug-likeness (QED) is 0.631. The van der Waals surface area contributed by atoms with Crippen LogP contribution in [0.4, 0.5) is 8.78 Å². The van der Waals surface area contributed by atoms with E-state index in [1.165, 1.54) is 0 Å². The van der Waals surface area contributed by atoms with Crippen molar-refractivity contribution in [1.82, 2.24) is 24.6 Å². The van der Waals surface area contributed by atoms with Gasteiger partial charge in [-0.3, -0.25) is 14.3 Å². The summed E-state index contributed by atoms with van der Waals surface area (Å²) in [4.78, 5) is 19.6. The smallest absolute Gasteiger partial charge is 0.261 e. The number of aromatic nitrogens is 4. The largest absolute Gasteiger partial charge is 0.424 e. The highest BCUT2D eigenvalue weighted by Crippen LogP contribution is 2.39. The Balaban J connectivity index is 1.51. The molecule has 0 radical (unpaired) electrons. The van der Waals surface area contributed by atoms with Crippen LogP contribution in [0.25, 0.3) is 10.9 Å². The third-order valence-corrected chi connectivity index (χ3v) is 5.62. The maximum atomic E-state index is 13.3. The van der Waals surface area contributed by atoms with Crippen molar-refractivity contribution in [2.24, 2.45) is 0 Å². The van der Waals surface area contributed by atoms with Crippen molar-refractivity contribution in [2.75, 3.05) is 6.54 Å². The second-order valence-corrected chi connectivity index (χ2v) is 7.73. The standard InChI is InChI=1S/C20H21F2N5O2/c21-16(22)10-27-18(23-14-5-2-1-4-13(14)20(27)28)15-6-3-9-26(15)11-17-24-25-19(29-17)12-7-8-12/h1-2,4-5,12,15-16H,3,6-11H2. The van der Waals surface area contributed by atoms with Crippen LogP contribution in [0.1, 0.15) is 55.2 Å².